The molecule has 0 atom stereocenters. The van der Waals surface area contributed by atoms with Crippen molar-refractivity contribution in [1.29, 1.82) is 10.8 Å². The first-order valence-electron chi connectivity index (χ1n) is 12.9. The zero-order chi connectivity index (χ0) is 27.6. The molecule has 0 amide bonds. The maximum Gasteiger partial charge on any atom is 0.341 e. The molecule has 1 heterocycles. The number of nitrogens with two attached hydrogens (primary N) is 1. The molecule has 0 radical (unpaired) electrons. The molecule has 1 aliphatic rings. The highest BCUT2D eigenvalue weighted by atomic mass is 16.5. The van der Waals surface area contributed by atoms with Gasteiger partial charge in [-0.3, -0.25) is 5.41 Å². The molecule has 0 saturated heterocycles. The van der Waals surface area contributed by atoms with Gasteiger partial charge >= 0.3 is 5.97 Å². The van der Waals surface area contributed by atoms with Crippen molar-refractivity contribution >= 4 is 29.5 Å². The highest BCUT2D eigenvalue weighted by Gasteiger charge is 2.24. The molecule has 1 saturated carbocycles. The Bertz CT molecular complexity index is 1320. The molecule has 202 valence electrons. The van der Waals surface area contributed by atoms with Crippen molar-refractivity contribution < 1.29 is 14.3 Å². The minimum Gasteiger partial charge on any atom is -0.462 e. The van der Waals surface area contributed by atoms with Gasteiger partial charge in [-0.15, -0.1) is 0 Å². The van der Waals surface area contributed by atoms with E-state index < -0.39 is 5.97 Å². The number of ether oxygens (including phenoxy) is 2. The van der Waals surface area contributed by atoms with E-state index >= 15 is 0 Å². The second-order valence-corrected chi connectivity index (χ2v) is 9.12. The largest absolute Gasteiger partial charge is 0.462 e. The lowest BCUT2D eigenvalue weighted by Gasteiger charge is -2.30. The monoisotopic (exact) mass is 527 g/mol. The molecule has 3 aromatic rings. The van der Waals surface area contributed by atoms with Crippen LogP contribution in [0.2, 0.25) is 0 Å². The smallest absolute Gasteiger partial charge is 0.341 e. The van der Waals surface area contributed by atoms with Gasteiger partial charge in [0.05, 0.1) is 23.5 Å². The number of anilines is 2. The van der Waals surface area contributed by atoms with Gasteiger partial charge < -0.3 is 31.3 Å². The van der Waals surface area contributed by atoms with Crippen LogP contribution in [0.15, 0.2) is 72.7 Å². The van der Waals surface area contributed by atoms with Crippen molar-refractivity contribution in [2.75, 3.05) is 17.7 Å². The number of nitrogens with zero attached hydrogens (tertiary/aromatic N) is 2. The summed E-state index contributed by atoms with van der Waals surface area (Å²) in [7, 11) is 0. The zero-order valence-corrected chi connectivity index (χ0v) is 21.8. The van der Waals surface area contributed by atoms with E-state index in [4.69, 9.17) is 26.0 Å². The normalized spacial score (nSPS) is 17.1. The molecule has 10 heteroatoms. The standard InChI is InChI=1S/C29H33N7O3/c1-2-38-29(37)20(16-30)17-33-21-10-12-22(13-11-21)36-28-25(27(32)34-18-35-28)26(31)19-8-14-24(15-9-19)39-23-6-4-3-5-7-23/h3-9,14-18,21-22,30-31,33H,2,10-13H2,1H3,(H3,32,34,35,36)/b20-17+,30-16?,31-26?. The molecular weight excluding hydrogens is 494 g/mol. The molecule has 0 aliphatic heterocycles. The molecule has 0 bridgehead atoms. The van der Waals surface area contributed by atoms with Gasteiger partial charge in [-0.1, -0.05) is 18.2 Å². The van der Waals surface area contributed by atoms with E-state index in [1.54, 1.807) is 13.1 Å². The summed E-state index contributed by atoms with van der Waals surface area (Å²) in [6.07, 6.45) is 7.39. The lowest BCUT2D eigenvalue weighted by molar-refractivity contribution is -0.137. The second-order valence-electron chi connectivity index (χ2n) is 9.12. The SMILES string of the molecule is CCOC(=O)/C(C=N)=C/NC1CCC(Nc2ncnc(N)c2C(=N)c2ccc(Oc3ccccc3)cc2)CC1. The zero-order valence-electron chi connectivity index (χ0n) is 21.8. The topological polar surface area (TPSA) is 159 Å². The van der Waals surface area contributed by atoms with Crippen molar-refractivity contribution in [3.05, 3.63) is 83.8 Å². The predicted molar refractivity (Wildman–Crippen MR) is 152 cm³/mol. The summed E-state index contributed by atoms with van der Waals surface area (Å²) in [5, 5.41) is 23.0. The molecule has 1 aromatic heterocycles. The number of carbonyl (C=O) groups is 1. The predicted octanol–water partition coefficient (Wildman–Crippen LogP) is 4.68. The van der Waals surface area contributed by atoms with Crippen LogP contribution in [0.3, 0.4) is 0 Å². The van der Waals surface area contributed by atoms with Gasteiger partial charge in [0.1, 0.15) is 29.5 Å². The van der Waals surface area contributed by atoms with Crippen LogP contribution in [-0.2, 0) is 9.53 Å². The average Bonchev–Trinajstić information content (AvgIpc) is 2.95. The summed E-state index contributed by atoms with van der Waals surface area (Å²) in [4.78, 5) is 20.4. The summed E-state index contributed by atoms with van der Waals surface area (Å²) in [6.45, 7) is 2.00. The molecule has 6 N–H and O–H groups in total. The van der Waals surface area contributed by atoms with E-state index in [9.17, 15) is 4.79 Å². The first-order valence-corrected chi connectivity index (χ1v) is 12.9. The van der Waals surface area contributed by atoms with Crippen LogP contribution in [0.1, 0.15) is 43.7 Å². The Morgan fingerprint density at radius 3 is 2.36 bits per heavy atom. The average molecular weight is 528 g/mol. The summed E-state index contributed by atoms with van der Waals surface area (Å²) < 4.78 is 10.8. The van der Waals surface area contributed by atoms with Crippen LogP contribution >= 0.6 is 0 Å². The van der Waals surface area contributed by atoms with Crippen LogP contribution in [-0.4, -0.2) is 46.6 Å². The van der Waals surface area contributed by atoms with E-state index in [0.29, 0.717) is 22.7 Å². The fourth-order valence-corrected chi connectivity index (χ4v) is 4.39. The lowest BCUT2D eigenvalue weighted by atomic mass is 9.91. The quantitative estimate of drug-likeness (QED) is 0.137. The number of carbonyl (C=O) groups excluding carboxylic acids is 1. The number of rotatable bonds is 11. The fourth-order valence-electron chi connectivity index (χ4n) is 4.39. The minimum absolute atomic E-state index is 0.141. The van der Waals surface area contributed by atoms with E-state index in [1.807, 2.05) is 54.6 Å². The van der Waals surface area contributed by atoms with Crippen LogP contribution in [0, 0.1) is 10.8 Å². The molecule has 39 heavy (non-hydrogen) atoms. The van der Waals surface area contributed by atoms with Gasteiger partial charge in [0.2, 0.25) is 0 Å². The first kappa shape index (κ1) is 27.3. The number of hydrogen-bond acceptors (Lipinski definition) is 10. The number of esters is 1. The van der Waals surface area contributed by atoms with Crippen LogP contribution < -0.4 is 21.1 Å². The Balaban J connectivity index is 1.38. The van der Waals surface area contributed by atoms with Crippen molar-refractivity contribution in [2.24, 2.45) is 0 Å². The van der Waals surface area contributed by atoms with E-state index in [1.165, 1.54) is 6.33 Å². The van der Waals surface area contributed by atoms with E-state index in [2.05, 4.69) is 20.6 Å². The second kappa shape index (κ2) is 13.2. The third-order valence-corrected chi connectivity index (χ3v) is 6.46. The summed E-state index contributed by atoms with van der Waals surface area (Å²) >= 11 is 0. The van der Waals surface area contributed by atoms with Crippen molar-refractivity contribution in [3.63, 3.8) is 0 Å². The summed E-state index contributed by atoms with van der Waals surface area (Å²) in [5.74, 6) is 1.67. The fraction of sp³-hybridized carbons (Fsp3) is 0.276. The van der Waals surface area contributed by atoms with Crippen molar-refractivity contribution in [1.82, 2.24) is 15.3 Å². The third kappa shape index (κ3) is 7.19. The third-order valence-electron chi connectivity index (χ3n) is 6.46. The Kier molecular flexibility index (Phi) is 9.23. The molecule has 0 spiro atoms. The number of benzene rings is 2. The first-order chi connectivity index (χ1) is 19.0. The molecule has 4 rings (SSSR count). The van der Waals surface area contributed by atoms with E-state index in [-0.39, 0.29) is 35.8 Å². The number of para-hydroxylation sites is 1. The Morgan fingerprint density at radius 2 is 1.69 bits per heavy atom. The highest BCUT2D eigenvalue weighted by molar-refractivity contribution is 6.16. The van der Waals surface area contributed by atoms with Gasteiger partial charge in [-0.2, -0.15) is 0 Å². The molecular formula is C29H33N7O3. The summed E-state index contributed by atoms with van der Waals surface area (Å²) in [5.41, 5.74) is 7.76. The van der Waals surface area contributed by atoms with Gasteiger partial charge in [-0.25, -0.2) is 14.8 Å². The van der Waals surface area contributed by atoms with Gasteiger partial charge in [0, 0.05) is 30.1 Å². The van der Waals surface area contributed by atoms with Gasteiger partial charge in [-0.05, 0) is 69.0 Å². The molecule has 10 nitrogen and oxygen atoms in total. The number of hydrogen-bond donors (Lipinski definition) is 5. The number of aromatic nitrogens is 2. The molecule has 1 aliphatic carbocycles. The molecule has 0 unspecified atom stereocenters. The Morgan fingerprint density at radius 1 is 1.03 bits per heavy atom. The number of nitrogens with one attached hydrogen (secondary N) is 4. The van der Waals surface area contributed by atoms with Crippen molar-refractivity contribution in [3.8, 4) is 11.5 Å². The van der Waals surface area contributed by atoms with Crippen LogP contribution in [0.5, 0.6) is 11.5 Å². The van der Waals surface area contributed by atoms with E-state index in [0.717, 1.165) is 37.6 Å². The van der Waals surface area contributed by atoms with Crippen LogP contribution in [0.4, 0.5) is 11.6 Å². The lowest BCUT2D eigenvalue weighted by Crippen LogP contribution is -2.35. The van der Waals surface area contributed by atoms with Gasteiger partial charge in [0.25, 0.3) is 0 Å². The Hall–Kier alpha value is -4.73. The maximum absolute atomic E-state index is 11.9. The van der Waals surface area contributed by atoms with Crippen molar-refractivity contribution in [2.45, 2.75) is 44.7 Å². The summed E-state index contributed by atoms with van der Waals surface area (Å²) in [6, 6.07) is 17.1. The molecule has 2 aromatic carbocycles. The maximum atomic E-state index is 11.9. The highest BCUT2D eigenvalue weighted by Crippen LogP contribution is 2.28. The van der Waals surface area contributed by atoms with Gasteiger partial charge in [0.15, 0.2) is 0 Å². The van der Waals surface area contributed by atoms with Crippen LogP contribution in [0.25, 0.3) is 0 Å². The number of nitrogen functional groups attached to an aromatic ring is 1. The minimum atomic E-state index is -0.509. The molecule has 1 fully saturated rings. The Labute approximate surface area is 227 Å².